The van der Waals surface area contributed by atoms with Crippen molar-refractivity contribution in [3.63, 3.8) is 0 Å². The van der Waals surface area contributed by atoms with E-state index in [-0.39, 0.29) is 23.8 Å². The van der Waals surface area contributed by atoms with Gasteiger partial charge in [-0.3, -0.25) is 9.59 Å². The quantitative estimate of drug-likeness (QED) is 0.892. The van der Waals surface area contributed by atoms with Crippen LogP contribution in [0.1, 0.15) is 42.8 Å². The van der Waals surface area contributed by atoms with Crippen molar-refractivity contribution in [2.75, 3.05) is 20.2 Å². The highest BCUT2D eigenvalue weighted by molar-refractivity contribution is 5.99. The fraction of sp³-hybridized carbons (Fsp3) is 0.500. The minimum atomic E-state index is -0.220. The molecule has 1 saturated heterocycles. The highest BCUT2D eigenvalue weighted by atomic mass is 16.5. The van der Waals surface area contributed by atoms with E-state index >= 15 is 0 Å². The lowest BCUT2D eigenvalue weighted by Crippen LogP contribution is -2.47. The first-order chi connectivity index (χ1) is 12.5. The van der Waals surface area contributed by atoms with E-state index < -0.39 is 0 Å². The van der Waals surface area contributed by atoms with Crippen LogP contribution in [-0.2, 0) is 16.1 Å². The summed E-state index contributed by atoms with van der Waals surface area (Å²) in [7, 11) is 1.60. The minimum Gasteiger partial charge on any atom is -0.451 e. The number of benzene rings is 1. The third kappa shape index (κ3) is 3.75. The SMILES string of the molecule is COCc1c(C(=O)NC2CCN(C(=O)C(C)C)CC2)oc2ccccc12. The van der Waals surface area contributed by atoms with Gasteiger partial charge in [0.2, 0.25) is 5.91 Å². The van der Waals surface area contributed by atoms with E-state index in [4.69, 9.17) is 9.15 Å². The summed E-state index contributed by atoms with van der Waals surface area (Å²) in [6, 6.07) is 7.62. The maximum Gasteiger partial charge on any atom is 0.287 e. The van der Waals surface area contributed by atoms with Gasteiger partial charge >= 0.3 is 0 Å². The molecule has 1 aromatic heterocycles. The lowest BCUT2D eigenvalue weighted by atomic mass is 10.0. The zero-order valence-electron chi connectivity index (χ0n) is 15.6. The second-order valence-electron chi connectivity index (χ2n) is 7.07. The molecule has 1 fully saturated rings. The van der Waals surface area contributed by atoms with Gasteiger partial charge in [0.1, 0.15) is 5.58 Å². The number of piperidine rings is 1. The van der Waals surface area contributed by atoms with E-state index in [0.29, 0.717) is 31.0 Å². The largest absolute Gasteiger partial charge is 0.451 e. The van der Waals surface area contributed by atoms with Gasteiger partial charge in [-0.25, -0.2) is 0 Å². The highest BCUT2D eigenvalue weighted by Crippen LogP contribution is 2.27. The number of methoxy groups -OCH3 is 1. The monoisotopic (exact) mass is 358 g/mol. The molecule has 3 rings (SSSR count). The lowest BCUT2D eigenvalue weighted by molar-refractivity contribution is -0.135. The first-order valence-corrected chi connectivity index (χ1v) is 9.10. The van der Waals surface area contributed by atoms with Crippen molar-refractivity contribution >= 4 is 22.8 Å². The van der Waals surface area contributed by atoms with Crippen molar-refractivity contribution in [2.45, 2.75) is 39.3 Å². The van der Waals surface area contributed by atoms with Crippen LogP contribution in [-0.4, -0.2) is 43.0 Å². The van der Waals surface area contributed by atoms with Crippen LogP contribution in [0.25, 0.3) is 11.0 Å². The molecule has 1 aromatic carbocycles. The molecule has 1 aliphatic heterocycles. The molecule has 140 valence electrons. The maximum absolute atomic E-state index is 12.8. The Kier molecular flexibility index (Phi) is 5.61. The third-order valence-corrected chi connectivity index (χ3v) is 4.83. The smallest absolute Gasteiger partial charge is 0.287 e. The summed E-state index contributed by atoms with van der Waals surface area (Å²) < 4.78 is 11.0. The van der Waals surface area contributed by atoms with Crippen LogP contribution in [0, 0.1) is 5.92 Å². The van der Waals surface area contributed by atoms with E-state index in [1.807, 2.05) is 43.0 Å². The van der Waals surface area contributed by atoms with Crippen LogP contribution in [0.15, 0.2) is 28.7 Å². The molecular weight excluding hydrogens is 332 g/mol. The number of ether oxygens (including phenoxy) is 1. The molecule has 2 aromatic rings. The summed E-state index contributed by atoms with van der Waals surface area (Å²) in [6.07, 6.45) is 1.51. The Bertz CT molecular complexity index is 788. The zero-order chi connectivity index (χ0) is 18.7. The van der Waals surface area contributed by atoms with E-state index in [9.17, 15) is 9.59 Å². The first kappa shape index (κ1) is 18.5. The number of carbonyl (C=O) groups is 2. The Balaban J connectivity index is 1.68. The fourth-order valence-corrected chi connectivity index (χ4v) is 3.43. The summed E-state index contributed by atoms with van der Waals surface area (Å²) in [6.45, 7) is 5.49. The van der Waals surface area contributed by atoms with Gasteiger partial charge in [-0.05, 0) is 18.9 Å². The predicted molar refractivity (Wildman–Crippen MR) is 98.8 cm³/mol. The Hall–Kier alpha value is -2.34. The molecule has 0 bridgehead atoms. The normalized spacial score (nSPS) is 15.6. The predicted octanol–water partition coefficient (Wildman–Crippen LogP) is 2.96. The van der Waals surface area contributed by atoms with Gasteiger partial charge in [-0.1, -0.05) is 32.0 Å². The van der Waals surface area contributed by atoms with Crippen molar-refractivity contribution < 1.29 is 18.7 Å². The van der Waals surface area contributed by atoms with Crippen LogP contribution < -0.4 is 5.32 Å². The summed E-state index contributed by atoms with van der Waals surface area (Å²) in [5.74, 6) is 0.276. The highest BCUT2D eigenvalue weighted by Gasteiger charge is 2.27. The van der Waals surface area contributed by atoms with Gasteiger partial charge in [0, 0.05) is 43.1 Å². The van der Waals surface area contributed by atoms with E-state index in [2.05, 4.69) is 5.32 Å². The van der Waals surface area contributed by atoms with Crippen molar-refractivity contribution in [3.05, 3.63) is 35.6 Å². The molecule has 0 saturated carbocycles. The molecule has 1 N–H and O–H groups in total. The number of hydrogen-bond donors (Lipinski definition) is 1. The van der Waals surface area contributed by atoms with Gasteiger partial charge in [0.25, 0.3) is 5.91 Å². The number of carbonyl (C=O) groups excluding carboxylic acids is 2. The zero-order valence-corrected chi connectivity index (χ0v) is 15.6. The Morgan fingerprint density at radius 3 is 2.62 bits per heavy atom. The standard InChI is InChI=1S/C20H26N2O4/c1-13(2)20(24)22-10-8-14(9-11-22)21-19(23)18-16(12-25-3)15-6-4-5-7-17(15)26-18/h4-7,13-14H,8-12H2,1-3H3,(H,21,23). The Morgan fingerprint density at radius 2 is 1.96 bits per heavy atom. The average molecular weight is 358 g/mol. The molecule has 26 heavy (non-hydrogen) atoms. The number of likely N-dealkylation sites (tertiary alicyclic amines) is 1. The lowest BCUT2D eigenvalue weighted by Gasteiger charge is -2.33. The molecule has 0 radical (unpaired) electrons. The molecule has 1 aliphatic rings. The topological polar surface area (TPSA) is 71.8 Å². The Labute approximate surface area is 153 Å². The number of hydrogen-bond acceptors (Lipinski definition) is 4. The molecule has 0 spiro atoms. The third-order valence-electron chi connectivity index (χ3n) is 4.83. The Morgan fingerprint density at radius 1 is 1.27 bits per heavy atom. The van der Waals surface area contributed by atoms with Gasteiger partial charge in [0.05, 0.1) is 6.61 Å². The van der Waals surface area contributed by atoms with Crippen molar-refractivity contribution in [1.29, 1.82) is 0 Å². The summed E-state index contributed by atoms with van der Waals surface area (Å²) >= 11 is 0. The van der Waals surface area contributed by atoms with E-state index in [1.165, 1.54) is 0 Å². The van der Waals surface area contributed by atoms with Crippen LogP contribution in [0.4, 0.5) is 0 Å². The molecule has 6 heteroatoms. The van der Waals surface area contributed by atoms with Crippen LogP contribution in [0.5, 0.6) is 0 Å². The van der Waals surface area contributed by atoms with Gasteiger partial charge < -0.3 is 19.4 Å². The van der Waals surface area contributed by atoms with Gasteiger partial charge in [0.15, 0.2) is 5.76 Å². The van der Waals surface area contributed by atoms with Crippen LogP contribution in [0.2, 0.25) is 0 Å². The number of nitrogens with zero attached hydrogens (tertiary/aromatic N) is 1. The van der Waals surface area contributed by atoms with E-state index in [1.54, 1.807) is 7.11 Å². The van der Waals surface area contributed by atoms with Gasteiger partial charge in [-0.15, -0.1) is 0 Å². The fourth-order valence-electron chi connectivity index (χ4n) is 3.43. The molecule has 2 amide bonds. The average Bonchev–Trinajstić information content (AvgIpc) is 3.01. The number of furan rings is 1. The first-order valence-electron chi connectivity index (χ1n) is 9.10. The molecule has 0 atom stereocenters. The molecule has 0 unspecified atom stereocenters. The molecule has 0 aliphatic carbocycles. The van der Waals surface area contributed by atoms with Crippen LogP contribution in [0.3, 0.4) is 0 Å². The number of nitrogens with one attached hydrogen (secondary N) is 1. The number of rotatable bonds is 5. The second-order valence-corrected chi connectivity index (χ2v) is 7.07. The summed E-state index contributed by atoms with van der Waals surface area (Å²) in [4.78, 5) is 26.7. The number of para-hydroxylation sites is 1. The molecular formula is C20H26N2O4. The van der Waals surface area contributed by atoms with Crippen LogP contribution >= 0.6 is 0 Å². The van der Waals surface area contributed by atoms with Crippen molar-refractivity contribution in [3.8, 4) is 0 Å². The summed E-state index contributed by atoms with van der Waals surface area (Å²) in [5, 5.41) is 3.96. The molecule has 2 heterocycles. The van der Waals surface area contributed by atoms with Crippen molar-refractivity contribution in [1.82, 2.24) is 10.2 Å². The molecule has 6 nitrogen and oxygen atoms in total. The number of fused-ring (bicyclic) bond motifs is 1. The number of amides is 2. The van der Waals surface area contributed by atoms with Gasteiger partial charge in [-0.2, -0.15) is 0 Å². The van der Waals surface area contributed by atoms with Crippen molar-refractivity contribution in [2.24, 2.45) is 5.92 Å². The second kappa shape index (κ2) is 7.91. The maximum atomic E-state index is 12.8. The summed E-state index contributed by atoms with van der Waals surface area (Å²) in [5.41, 5.74) is 1.45. The minimum absolute atomic E-state index is 0.00768. The van der Waals surface area contributed by atoms with E-state index in [0.717, 1.165) is 23.8 Å².